The van der Waals surface area contributed by atoms with Crippen LogP contribution in [0.25, 0.3) is 0 Å². The summed E-state index contributed by atoms with van der Waals surface area (Å²) >= 11 is 6.01. The van der Waals surface area contributed by atoms with Gasteiger partial charge in [0.1, 0.15) is 11.6 Å². The quantitative estimate of drug-likeness (QED) is 0.188. The fourth-order valence-corrected chi connectivity index (χ4v) is 5.06. The Morgan fingerprint density at radius 1 is 1.18 bits per heavy atom. The average molecular weight is 606 g/mol. The number of rotatable bonds is 11. The second kappa shape index (κ2) is 13.2. The number of esters is 1. The highest BCUT2D eigenvalue weighted by molar-refractivity contribution is 7.46. The van der Waals surface area contributed by atoms with Crippen molar-refractivity contribution >= 4 is 37.3 Å². The van der Waals surface area contributed by atoms with Gasteiger partial charge >= 0.3 is 19.8 Å². The van der Waals surface area contributed by atoms with Crippen LogP contribution in [0.5, 0.6) is 0 Å². The molecule has 5 N–H and O–H groups in total. The molecule has 14 heteroatoms. The van der Waals surface area contributed by atoms with E-state index in [0.717, 1.165) is 5.56 Å². The van der Waals surface area contributed by atoms with Gasteiger partial charge < -0.3 is 35.2 Å². The second-order valence-electron chi connectivity index (χ2n) is 11.6. The van der Waals surface area contributed by atoms with Crippen LogP contribution in [0.2, 0.25) is 5.02 Å². The lowest BCUT2D eigenvalue weighted by Crippen LogP contribution is -2.61. The van der Waals surface area contributed by atoms with Gasteiger partial charge in [-0.1, -0.05) is 51.4 Å². The summed E-state index contributed by atoms with van der Waals surface area (Å²) in [6.45, 7) is 10.5. The van der Waals surface area contributed by atoms with Gasteiger partial charge in [0, 0.05) is 23.5 Å². The molecule has 1 heterocycles. The fraction of sp³-hybridized carbons (Fsp3) is 0.654. The maximum Gasteiger partial charge on any atom is 0.469 e. The molecule has 0 bridgehead atoms. The molecule has 1 unspecified atom stereocenters. The summed E-state index contributed by atoms with van der Waals surface area (Å²) in [5.41, 5.74) is -2.28. The van der Waals surface area contributed by atoms with Crippen LogP contribution in [0.15, 0.2) is 24.3 Å². The summed E-state index contributed by atoms with van der Waals surface area (Å²) in [4.78, 5) is 57.2. The third kappa shape index (κ3) is 9.43. The topological polar surface area (TPSA) is 175 Å². The van der Waals surface area contributed by atoms with Crippen molar-refractivity contribution < 1.29 is 43.1 Å². The number of piperidine rings is 1. The summed E-state index contributed by atoms with van der Waals surface area (Å²) in [6, 6.07) is 5.56. The van der Waals surface area contributed by atoms with Crippen LogP contribution in [0.1, 0.15) is 59.9 Å². The monoisotopic (exact) mass is 605 g/mol. The second-order valence-corrected chi connectivity index (χ2v) is 13.3. The van der Waals surface area contributed by atoms with Crippen LogP contribution in [0, 0.1) is 11.3 Å². The Hall–Kier alpha value is -2.21. The van der Waals surface area contributed by atoms with Crippen LogP contribution in [0.4, 0.5) is 4.79 Å². The third-order valence-corrected chi connectivity index (χ3v) is 7.70. The molecule has 226 valence electrons. The van der Waals surface area contributed by atoms with Crippen LogP contribution in [-0.4, -0.2) is 75.6 Å². The van der Waals surface area contributed by atoms with Crippen molar-refractivity contribution in [1.82, 2.24) is 15.5 Å². The van der Waals surface area contributed by atoms with Gasteiger partial charge in [0.15, 0.2) is 0 Å². The average Bonchev–Trinajstić information content (AvgIpc) is 2.81. The van der Waals surface area contributed by atoms with Crippen molar-refractivity contribution in [1.29, 1.82) is 0 Å². The summed E-state index contributed by atoms with van der Waals surface area (Å²) < 4.78 is 20.2. The number of amides is 3. The number of nitrogens with one attached hydrogen (secondary N) is 2. The molecule has 0 saturated carbocycles. The van der Waals surface area contributed by atoms with Gasteiger partial charge in [-0.15, -0.1) is 0 Å². The minimum atomic E-state index is -4.69. The predicted molar refractivity (Wildman–Crippen MR) is 148 cm³/mol. The SMILES string of the molecule is CC(C)C(NC(=O)NCC(C)(C)OC(=O)CCOP(=O)(O)O)C(=O)N1CC[C@](O)(c2ccc(Cl)cc2)C(C)(C)C1. The molecular formula is C26H41ClN3O9P. The lowest BCUT2D eigenvalue weighted by atomic mass is 9.66. The molecule has 0 radical (unpaired) electrons. The van der Waals surface area contributed by atoms with E-state index in [1.807, 2.05) is 27.7 Å². The van der Waals surface area contributed by atoms with E-state index >= 15 is 0 Å². The molecule has 0 aliphatic carbocycles. The van der Waals surface area contributed by atoms with Crippen molar-refractivity contribution in [2.24, 2.45) is 11.3 Å². The Bertz CT molecular complexity index is 1110. The fourth-order valence-electron chi connectivity index (χ4n) is 4.61. The first-order valence-corrected chi connectivity index (χ1v) is 14.9. The number of aliphatic hydroxyl groups is 1. The molecule has 1 aromatic rings. The van der Waals surface area contributed by atoms with Crippen molar-refractivity contribution in [3.8, 4) is 0 Å². The molecule has 1 aliphatic heterocycles. The Morgan fingerprint density at radius 3 is 2.30 bits per heavy atom. The number of nitrogens with zero attached hydrogens (tertiary/aromatic N) is 1. The van der Waals surface area contributed by atoms with E-state index in [1.165, 1.54) is 0 Å². The molecule has 40 heavy (non-hydrogen) atoms. The summed E-state index contributed by atoms with van der Waals surface area (Å²) in [7, 11) is -4.69. The predicted octanol–water partition coefficient (Wildman–Crippen LogP) is 2.93. The van der Waals surface area contributed by atoms with E-state index in [9.17, 15) is 24.1 Å². The van der Waals surface area contributed by atoms with Gasteiger partial charge in [-0.2, -0.15) is 0 Å². The molecule has 12 nitrogen and oxygen atoms in total. The van der Waals surface area contributed by atoms with E-state index in [0.29, 0.717) is 18.0 Å². The maximum absolute atomic E-state index is 13.5. The molecule has 0 aromatic heterocycles. The van der Waals surface area contributed by atoms with Crippen LogP contribution >= 0.6 is 19.4 Å². The highest BCUT2D eigenvalue weighted by Crippen LogP contribution is 2.46. The van der Waals surface area contributed by atoms with Gasteiger partial charge in [0.25, 0.3) is 0 Å². The molecule has 1 fully saturated rings. The molecule has 1 saturated heterocycles. The Balaban J connectivity index is 1.96. The molecule has 3 amide bonds. The molecule has 2 atom stereocenters. The number of hydrogen-bond acceptors (Lipinski definition) is 7. The third-order valence-electron chi connectivity index (χ3n) is 6.93. The van der Waals surface area contributed by atoms with Crippen molar-refractivity contribution in [3.63, 3.8) is 0 Å². The standard InChI is InChI=1S/C26H41ClN3O9P/c1-17(2)21(29-23(33)28-15-25(5,6)39-20(31)11-14-38-40(35,36)37)22(32)30-13-12-26(34,24(3,4)16-30)18-7-9-19(27)10-8-18/h7-10,17,21,34H,11-16H2,1-6H3,(H2,28,29,33)(H2,35,36,37)/t21?,26-/m0/s1. The van der Waals surface area contributed by atoms with Gasteiger partial charge in [0.05, 0.1) is 25.2 Å². The molecule has 1 aliphatic rings. The summed E-state index contributed by atoms with van der Waals surface area (Å²) in [5, 5.41) is 17.5. The first-order chi connectivity index (χ1) is 18.3. The number of carbonyl (C=O) groups is 3. The summed E-state index contributed by atoms with van der Waals surface area (Å²) in [6.07, 6.45) is -0.0763. The molecule has 1 aromatic carbocycles. The van der Waals surface area contributed by atoms with Crippen LogP contribution in [-0.2, 0) is 29.0 Å². The first kappa shape index (κ1) is 34.0. The Kier molecular flexibility index (Phi) is 11.2. The molecular weight excluding hydrogens is 565 g/mol. The Labute approximate surface area is 240 Å². The number of urea groups is 1. The van der Waals surface area contributed by atoms with Gasteiger partial charge in [-0.3, -0.25) is 14.1 Å². The number of halogens is 1. The maximum atomic E-state index is 13.5. The molecule has 0 spiro atoms. The van der Waals surface area contributed by atoms with E-state index in [-0.39, 0.29) is 31.3 Å². The Morgan fingerprint density at radius 2 is 1.77 bits per heavy atom. The highest BCUT2D eigenvalue weighted by atomic mass is 35.5. The highest BCUT2D eigenvalue weighted by Gasteiger charge is 2.50. The van der Waals surface area contributed by atoms with Gasteiger partial charge in [0.2, 0.25) is 5.91 Å². The minimum Gasteiger partial charge on any atom is -0.458 e. The van der Waals surface area contributed by atoms with Crippen molar-refractivity contribution in [2.75, 3.05) is 26.2 Å². The van der Waals surface area contributed by atoms with Crippen molar-refractivity contribution in [2.45, 2.75) is 71.6 Å². The van der Waals surface area contributed by atoms with E-state index in [2.05, 4.69) is 15.2 Å². The lowest BCUT2D eigenvalue weighted by Gasteiger charge is -2.51. The van der Waals surface area contributed by atoms with E-state index < -0.39 is 49.1 Å². The van der Waals surface area contributed by atoms with Crippen LogP contribution < -0.4 is 10.6 Å². The van der Waals surface area contributed by atoms with Gasteiger partial charge in [-0.05, 0) is 43.9 Å². The normalized spacial score (nSPS) is 20.1. The number of ether oxygens (including phenoxy) is 1. The zero-order valence-electron chi connectivity index (χ0n) is 23.8. The number of benzene rings is 1. The van der Waals surface area contributed by atoms with Gasteiger partial charge in [-0.25, -0.2) is 9.36 Å². The lowest BCUT2D eigenvalue weighted by molar-refractivity contribution is -0.156. The van der Waals surface area contributed by atoms with Crippen LogP contribution in [0.3, 0.4) is 0 Å². The minimum absolute atomic E-state index is 0.0895. The number of carbonyl (C=O) groups excluding carboxylic acids is 3. The molecule has 2 rings (SSSR count). The van der Waals surface area contributed by atoms with Crippen molar-refractivity contribution in [3.05, 3.63) is 34.9 Å². The summed E-state index contributed by atoms with van der Waals surface area (Å²) in [5.74, 6) is -1.27. The number of phosphoric acid groups is 1. The van der Waals surface area contributed by atoms with E-state index in [1.54, 1.807) is 43.0 Å². The zero-order chi connectivity index (χ0) is 30.5. The first-order valence-electron chi connectivity index (χ1n) is 13.0. The largest absolute Gasteiger partial charge is 0.469 e. The number of hydrogen-bond donors (Lipinski definition) is 5. The number of phosphoric ester groups is 1. The number of likely N-dealkylation sites (tertiary alicyclic amines) is 1. The van der Waals surface area contributed by atoms with E-state index in [4.69, 9.17) is 26.1 Å². The smallest absolute Gasteiger partial charge is 0.458 e. The zero-order valence-corrected chi connectivity index (χ0v) is 25.4.